The minimum atomic E-state index is -0.601. The van der Waals surface area contributed by atoms with Crippen molar-refractivity contribution in [1.29, 1.82) is 0 Å². The van der Waals surface area contributed by atoms with Gasteiger partial charge >= 0.3 is 0 Å². The van der Waals surface area contributed by atoms with E-state index < -0.39 is 6.10 Å². The molecule has 0 bridgehead atoms. The van der Waals surface area contributed by atoms with Crippen LogP contribution in [0.25, 0.3) is 0 Å². The van der Waals surface area contributed by atoms with E-state index >= 15 is 0 Å². The third-order valence-corrected chi connectivity index (χ3v) is 4.18. The van der Waals surface area contributed by atoms with Crippen LogP contribution < -0.4 is 10.1 Å². The Bertz CT molecular complexity index is 727. The molecule has 2 N–H and O–H groups in total. The van der Waals surface area contributed by atoms with Gasteiger partial charge in [-0.3, -0.25) is 4.79 Å². The minimum Gasteiger partial charge on any atom is -0.481 e. The summed E-state index contributed by atoms with van der Waals surface area (Å²) in [6, 6.07) is 13.5. The molecule has 0 fully saturated rings. The number of aryl methyl sites for hydroxylation is 2. The first-order chi connectivity index (χ1) is 11.9. The number of aliphatic hydroxyl groups excluding tert-OH is 1. The highest BCUT2D eigenvalue weighted by Gasteiger charge is 2.17. The van der Waals surface area contributed by atoms with Gasteiger partial charge in [0.15, 0.2) is 6.10 Å². The summed E-state index contributed by atoms with van der Waals surface area (Å²) in [5, 5.41) is 12.2. The van der Waals surface area contributed by atoms with Gasteiger partial charge in [0.05, 0.1) is 6.61 Å². The molecule has 0 aromatic heterocycles. The van der Waals surface area contributed by atoms with Crippen molar-refractivity contribution in [3.05, 3.63) is 64.7 Å². The van der Waals surface area contributed by atoms with E-state index in [0.29, 0.717) is 5.75 Å². The van der Waals surface area contributed by atoms with Crippen LogP contribution in [0.3, 0.4) is 0 Å². The van der Waals surface area contributed by atoms with E-state index in [1.165, 1.54) is 16.7 Å². The van der Waals surface area contributed by atoms with Gasteiger partial charge < -0.3 is 15.2 Å². The predicted octanol–water partition coefficient (Wildman–Crippen LogP) is 3.31. The van der Waals surface area contributed by atoms with Crippen LogP contribution in [0, 0.1) is 13.8 Å². The Morgan fingerprint density at radius 2 is 1.92 bits per heavy atom. The van der Waals surface area contributed by atoms with E-state index in [1.54, 1.807) is 25.1 Å². The maximum atomic E-state index is 12.4. The van der Waals surface area contributed by atoms with Crippen LogP contribution in [0.1, 0.15) is 36.1 Å². The number of carbonyl (C=O) groups is 1. The summed E-state index contributed by atoms with van der Waals surface area (Å²) in [4.78, 5) is 12.4. The largest absolute Gasteiger partial charge is 0.481 e. The molecule has 4 heteroatoms. The lowest BCUT2D eigenvalue weighted by molar-refractivity contribution is -0.127. The van der Waals surface area contributed by atoms with Crippen LogP contribution >= 0.6 is 0 Å². The van der Waals surface area contributed by atoms with Crippen LogP contribution in [-0.4, -0.2) is 23.2 Å². The molecule has 0 aliphatic rings. The zero-order chi connectivity index (χ0) is 18.4. The summed E-state index contributed by atoms with van der Waals surface area (Å²) >= 11 is 0. The smallest absolute Gasteiger partial charge is 0.260 e. The van der Waals surface area contributed by atoms with Crippen molar-refractivity contribution in [1.82, 2.24) is 5.32 Å². The summed E-state index contributed by atoms with van der Waals surface area (Å²) < 4.78 is 5.69. The highest BCUT2D eigenvalue weighted by Crippen LogP contribution is 2.16. The summed E-state index contributed by atoms with van der Waals surface area (Å²) in [5.41, 5.74) is 4.48. The lowest BCUT2D eigenvalue weighted by Gasteiger charge is -2.20. The van der Waals surface area contributed by atoms with Gasteiger partial charge in [-0.1, -0.05) is 35.9 Å². The van der Waals surface area contributed by atoms with Crippen molar-refractivity contribution < 1.29 is 14.6 Å². The molecule has 2 aromatic rings. The molecule has 0 heterocycles. The Kier molecular flexibility index (Phi) is 6.59. The Hall–Kier alpha value is -2.33. The quantitative estimate of drug-likeness (QED) is 0.812. The Labute approximate surface area is 149 Å². The van der Waals surface area contributed by atoms with Gasteiger partial charge in [0.25, 0.3) is 5.91 Å². The average molecular weight is 341 g/mol. The number of amides is 1. The summed E-state index contributed by atoms with van der Waals surface area (Å²) in [6.07, 6.45) is 0.181. The molecular formula is C21H27NO3. The number of benzene rings is 2. The van der Waals surface area contributed by atoms with Crippen LogP contribution in [0.5, 0.6) is 5.75 Å². The average Bonchev–Trinajstić information content (AvgIpc) is 2.57. The lowest BCUT2D eigenvalue weighted by atomic mass is 10.00. The molecule has 0 spiro atoms. The molecule has 0 radical (unpaired) electrons. The van der Waals surface area contributed by atoms with Crippen LogP contribution in [0.2, 0.25) is 0 Å². The molecule has 4 nitrogen and oxygen atoms in total. The molecular weight excluding hydrogens is 314 g/mol. The number of carbonyl (C=O) groups excluding carboxylic acids is 1. The molecule has 2 unspecified atom stereocenters. The van der Waals surface area contributed by atoms with Gasteiger partial charge in [-0.2, -0.15) is 0 Å². The number of ether oxygens (including phenoxy) is 1. The highest BCUT2D eigenvalue weighted by atomic mass is 16.5. The molecule has 0 saturated heterocycles. The number of nitrogens with one attached hydrogen (secondary N) is 1. The van der Waals surface area contributed by atoms with E-state index in [1.807, 2.05) is 13.0 Å². The fourth-order valence-corrected chi connectivity index (χ4v) is 2.79. The van der Waals surface area contributed by atoms with E-state index in [4.69, 9.17) is 9.84 Å². The van der Waals surface area contributed by atoms with Crippen molar-refractivity contribution in [2.45, 2.75) is 52.9 Å². The monoisotopic (exact) mass is 341 g/mol. The number of hydrogen-bond acceptors (Lipinski definition) is 3. The standard InChI is InChI=1S/C21H27NO3/c1-14-8-9-19(15(2)10-14)11-16(3)22-21(24)17(4)25-20-7-5-6-18(12-20)13-23/h5-10,12,16-17,23H,11,13H2,1-4H3,(H,22,24). The van der Waals surface area contributed by atoms with E-state index in [0.717, 1.165) is 12.0 Å². The highest BCUT2D eigenvalue weighted by molar-refractivity contribution is 5.81. The summed E-state index contributed by atoms with van der Waals surface area (Å²) in [7, 11) is 0. The van der Waals surface area contributed by atoms with Crippen molar-refractivity contribution >= 4 is 5.91 Å². The number of hydrogen-bond donors (Lipinski definition) is 2. The van der Waals surface area contributed by atoms with E-state index in [2.05, 4.69) is 37.4 Å². The third kappa shape index (κ3) is 5.61. The Morgan fingerprint density at radius 1 is 1.16 bits per heavy atom. The first-order valence-corrected chi connectivity index (χ1v) is 8.62. The summed E-state index contributed by atoms with van der Waals surface area (Å²) in [5.74, 6) is 0.433. The van der Waals surface area contributed by atoms with Crippen LogP contribution in [0.15, 0.2) is 42.5 Å². The van der Waals surface area contributed by atoms with Crippen molar-refractivity contribution in [3.8, 4) is 5.75 Å². The normalized spacial score (nSPS) is 13.2. The second-order valence-corrected chi connectivity index (χ2v) is 6.61. The molecule has 2 rings (SSSR count). The molecule has 1 amide bonds. The SMILES string of the molecule is Cc1ccc(CC(C)NC(=O)C(C)Oc2cccc(CO)c2)c(C)c1. The van der Waals surface area contributed by atoms with Gasteiger partial charge in [-0.25, -0.2) is 0 Å². The Balaban J connectivity index is 1.91. The number of rotatable bonds is 7. The van der Waals surface area contributed by atoms with Crippen LogP contribution in [0.4, 0.5) is 0 Å². The fourth-order valence-electron chi connectivity index (χ4n) is 2.79. The molecule has 134 valence electrons. The maximum absolute atomic E-state index is 12.4. The zero-order valence-electron chi connectivity index (χ0n) is 15.4. The maximum Gasteiger partial charge on any atom is 0.260 e. The first kappa shape index (κ1) is 19.0. The first-order valence-electron chi connectivity index (χ1n) is 8.62. The zero-order valence-corrected chi connectivity index (χ0v) is 15.4. The van der Waals surface area contributed by atoms with E-state index in [9.17, 15) is 4.79 Å². The molecule has 0 aliphatic heterocycles. The van der Waals surface area contributed by atoms with Gasteiger partial charge in [-0.15, -0.1) is 0 Å². The molecule has 0 saturated carbocycles. The molecule has 2 aromatic carbocycles. The minimum absolute atomic E-state index is 0.0173. The second-order valence-electron chi connectivity index (χ2n) is 6.61. The number of aliphatic hydroxyl groups is 1. The van der Waals surface area contributed by atoms with Gasteiger partial charge in [0.2, 0.25) is 0 Å². The van der Waals surface area contributed by atoms with Crippen molar-refractivity contribution in [2.24, 2.45) is 0 Å². The fraction of sp³-hybridized carbons (Fsp3) is 0.381. The van der Waals surface area contributed by atoms with Gasteiger partial charge in [0, 0.05) is 6.04 Å². The molecule has 0 aliphatic carbocycles. The summed E-state index contributed by atoms with van der Waals surface area (Å²) in [6.45, 7) is 7.84. The second kappa shape index (κ2) is 8.67. The van der Waals surface area contributed by atoms with Gasteiger partial charge in [-0.05, 0) is 62.9 Å². The van der Waals surface area contributed by atoms with Gasteiger partial charge in [0.1, 0.15) is 5.75 Å². The lowest BCUT2D eigenvalue weighted by Crippen LogP contribution is -2.42. The molecule has 25 heavy (non-hydrogen) atoms. The topological polar surface area (TPSA) is 58.6 Å². The predicted molar refractivity (Wildman–Crippen MR) is 99.7 cm³/mol. The van der Waals surface area contributed by atoms with Crippen molar-refractivity contribution in [2.75, 3.05) is 0 Å². The van der Waals surface area contributed by atoms with Crippen LogP contribution in [-0.2, 0) is 17.8 Å². The Morgan fingerprint density at radius 3 is 2.60 bits per heavy atom. The van der Waals surface area contributed by atoms with Crippen molar-refractivity contribution in [3.63, 3.8) is 0 Å². The molecule has 2 atom stereocenters. The van der Waals surface area contributed by atoms with E-state index in [-0.39, 0.29) is 18.6 Å². The third-order valence-electron chi connectivity index (χ3n) is 4.18.